The van der Waals surface area contributed by atoms with Gasteiger partial charge in [0.15, 0.2) is 11.5 Å². The number of esters is 1. The van der Waals surface area contributed by atoms with Gasteiger partial charge in [-0.2, -0.15) is 0 Å². The molecule has 0 radical (unpaired) electrons. The average Bonchev–Trinajstić information content (AvgIpc) is 3.11. The van der Waals surface area contributed by atoms with E-state index >= 15 is 0 Å². The van der Waals surface area contributed by atoms with Crippen molar-refractivity contribution in [2.45, 2.75) is 20.5 Å². The van der Waals surface area contributed by atoms with Crippen LogP contribution in [0.5, 0.6) is 11.5 Å². The average molecular weight is 617 g/mol. The highest BCUT2D eigenvalue weighted by Gasteiger charge is 2.36. The van der Waals surface area contributed by atoms with E-state index in [0.29, 0.717) is 30.3 Å². The lowest BCUT2D eigenvalue weighted by atomic mass is 10.1. The Morgan fingerprint density at radius 2 is 1.78 bits per heavy atom. The van der Waals surface area contributed by atoms with Crippen LogP contribution in [0.25, 0.3) is 16.8 Å². The number of hydrogen-bond acceptors (Lipinski definition) is 7. The van der Waals surface area contributed by atoms with E-state index in [0.717, 1.165) is 31.2 Å². The number of carbonyl (C=O) groups is 3. The Morgan fingerprint density at radius 1 is 1.00 bits per heavy atom. The zero-order chi connectivity index (χ0) is 25.7. The molecule has 0 bridgehead atoms. The normalized spacial score (nSPS) is 14.5. The van der Waals surface area contributed by atoms with E-state index in [9.17, 15) is 14.4 Å². The van der Waals surface area contributed by atoms with Crippen molar-refractivity contribution in [3.8, 4) is 11.5 Å². The molecule has 0 N–H and O–H groups in total. The molecule has 36 heavy (non-hydrogen) atoms. The molecule has 1 aliphatic heterocycles. The van der Waals surface area contributed by atoms with E-state index in [-0.39, 0.29) is 11.5 Å². The Morgan fingerprint density at radius 3 is 2.53 bits per heavy atom. The molecule has 0 unspecified atom stereocenters. The summed E-state index contributed by atoms with van der Waals surface area (Å²) in [6.45, 7) is 4.12. The predicted molar refractivity (Wildman–Crippen MR) is 148 cm³/mol. The highest BCUT2D eigenvalue weighted by molar-refractivity contribution is 14.1. The molecular weight excluding hydrogens is 593 g/mol. The summed E-state index contributed by atoms with van der Waals surface area (Å²) in [4.78, 5) is 37.9. The molecule has 7 nitrogen and oxygen atoms in total. The second-order valence-electron chi connectivity index (χ2n) is 7.81. The summed E-state index contributed by atoms with van der Waals surface area (Å²) in [5, 5.41) is 1.81. The first-order valence-corrected chi connectivity index (χ1v) is 13.3. The molecule has 1 saturated heterocycles. The molecule has 4 rings (SSSR count). The van der Waals surface area contributed by atoms with E-state index < -0.39 is 23.7 Å². The fourth-order valence-corrected chi connectivity index (χ4v) is 5.30. The van der Waals surface area contributed by atoms with Crippen molar-refractivity contribution >= 4 is 68.3 Å². The van der Waals surface area contributed by atoms with Gasteiger partial charge in [0.05, 0.1) is 21.7 Å². The fourth-order valence-electron chi connectivity index (χ4n) is 3.68. The smallest absolute Gasteiger partial charge is 0.326 e. The molecule has 3 aromatic carbocycles. The number of ether oxygens (including phenoxy) is 3. The maximum atomic E-state index is 12.7. The lowest BCUT2D eigenvalue weighted by molar-refractivity contribution is -0.145. The molecule has 1 fully saturated rings. The SMILES string of the molecule is CCOC(=O)CN1C(=O)S/C(=C/c2cc(I)c(OCc3ccc4ccccc4c3)c(OCC)c2)C1=O. The minimum Gasteiger partial charge on any atom is -0.490 e. The largest absolute Gasteiger partial charge is 0.490 e. The van der Waals surface area contributed by atoms with Crippen LogP contribution in [0.4, 0.5) is 4.79 Å². The lowest BCUT2D eigenvalue weighted by Gasteiger charge is -2.15. The number of nitrogens with zero attached hydrogens (tertiary/aromatic N) is 1. The molecule has 1 heterocycles. The van der Waals surface area contributed by atoms with Crippen molar-refractivity contribution < 1.29 is 28.6 Å². The highest BCUT2D eigenvalue weighted by atomic mass is 127. The molecule has 3 aromatic rings. The highest BCUT2D eigenvalue weighted by Crippen LogP contribution is 2.38. The number of halogens is 1. The molecule has 0 spiro atoms. The van der Waals surface area contributed by atoms with Gasteiger partial charge < -0.3 is 14.2 Å². The van der Waals surface area contributed by atoms with Crippen LogP contribution in [0.2, 0.25) is 0 Å². The molecule has 9 heteroatoms. The Kier molecular flexibility index (Phi) is 8.52. The first-order valence-electron chi connectivity index (χ1n) is 11.4. The fraction of sp³-hybridized carbons (Fsp3) is 0.222. The number of amides is 2. The quantitative estimate of drug-likeness (QED) is 0.165. The summed E-state index contributed by atoms with van der Waals surface area (Å²) in [6.07, 6.45) is 1.62. The van der Waals surface area contributed by atoms with Gasteiger partial charge in [0.25, 0.3) is 11.1 Å². The molecule has 2 amide bonds. The topological polar surface area (TPSA) is 82.1 Å². The summed E-state index contributed by atoms with van der Waals surface area (Å²) in [7, 11) is 0. The second-order valence-corrected chi connectivity index (χ2v) is 9.96. The van der Waals surface area contributed by atoms with Gasteiger partial charge in [0.2, 0.25) is 0 Å². The van der Waals surface area contributed by atoms with Crippen LogP contribution in [0.15, 0.2) is 59.5 Å². The zero-order valence-electron chi connectivity index (χ0n) is 19.8. The van der Waals surface area contributed by atoms with Crippen LogP contribution in [-0.2, 0) is 20.9 Å². The van der Waals surface area contributed by atoms with E-state index in [2.05, 4.69) is 46.9 Å². The van der Waals surface area contributed by atoms with Gasteiger partial charge >= 0.3 is 5.97 Å². The van der Waals surface area contributed by atoms with Gasteiger partial charge in [-0.05, 0) is 94.4 Å². The minimum atomic E-state index is -0.623. The number of thioether (sulfide) groups is 1. The van der Waals surface area contributed by atoms with E-state index in [1.165, 1.54) is 5.39 Å². The van der Waals surface area contributed by atoms with Crippen molar-refractivity contribution in [1.82, 2.24) is 4.90 Å². The monoisotopic (exact) mass is 617 g/mol. The minimum absolute atomic E-state index is 0.179. The van der Waals surface area contributed by atoms with Gasteiger partial charge in [-0.3, -0.25) is 19.3 Å². The summed E-state index contributed by atoms with van der Waals surface area (Å²) in [5.74, 6) is 0.00478. The summed E-state index contributed by atoms with van der Waals surface area (Å²) in [5.41, 5.74) is 1.72. The maximum absolute atomic E-state index is 12.7. The first-order chi connectivity index (χ1) is 17.4. The van der Waals surface area contributed by atoms with Crippen LogP contribution >= 0.6 is 34.4 Å². The van der Waals surface area contributed by atoms with Crippen molar-refractivity contribution in [2.75, 3.05) is 19.8 Å². The van der Waals surface area contributed by atoms with Crippen LogP contribution in [0.3, 0.4) is 0 Å². The number of benzene rings is 3. The first kappa shape index (κ1) is 26.0. The molecule has 0 aromatic heterocycles. The van der Waals surface area contributed by atoms with Gasteiger partial charge in [0, 0.05) is 0 Å². The third-order valence-corrected chi connectivity index (χ3v) is 7.00. The Balaban J connectivity index is 1.54. The van der Waals surface area contributed by atoms with Crippen LogP contribution in [0, 0.1) is 3.57 Å². The van der Waals surface area contributed by atoms with Gasteiger partial charge in [-0.1, -0.05) is 36.4 Å². The van der Waals surface area contributed by atoms with Crippen molar-refractivity contribution in [3.63, 3.8) is 0 Å². The van der Waals surface area contributed by atoms with Gasteiger partial charge in [-0.15, -0.1) is 0 Å². The molecular formula is C27H24INO6S. The maximum Gasteiger partial charge on any atom is 0.326 e. The number of fused-ring (bicyclic) bond motifs is 1. The van der Waals surface area contributed by atoms with Crippen LogP contribution in [-0.4, -0.2) is 41.8 Å². The number of carbonyl (C=O) groups excluding carboxylic acids is 3. The van der Waals surface area contributed by atoms with Crippen molar-refractivity contribution in [3.05, 3.63) is 74.2 Å². The Hall–Kier alpha value is -3.05. The standard InChI is InChI=1S/C27H24INO6S/c1-3-33-22-13-18(14-23-26(31)29(27(32)36-23)15-24(30)34-4-2)12-21(28)25(22)35-16-17-9-10-19-7-5-6-8-20(19)11-17/h5-14H,3-4,15-16H2,1-2H3/b23-14+. The van der Waals surface area contributed by atoms with Crippen LogP contribution in [0.1, 0.15) is 25.0 Å². The molecule has 0 saturated carbocycles. The third kappa shape index (κ3) is 6.01. The number of rotatable bonds is 9. The lowest BCUT2D eigenvalue weighted by Crippen LogP contribution is -2.34. The molecule has 1 aliphatic rings. The summed E-state index contributed by atoms with van der Waals surface area (Å²) < 4.78 is 17.7. The van der Waals surface area contributed by atoms with E-state index in [4.69, 9.17) is 14.2 Å². The summed E-state index contributed by atoms with van der Waals surface area (Å²) >= 11 is 2.96. The second kappa shape index (κ2) is 11.8. The van der Waals surface area contributed by atoms with Crippen molar-refractivity contribution in [1.29, 1.82) is 0 Å². The third-order valence-electron chi connectivity index (χ3n) is 5.29. The Labute approximate surface area is 226 Å². The van der Waals surface area contributed by atoms with E-state index in [1.54, 1.807) is 19.1 Å². The molecule has 0 atom stereocenters. The van der Waals surface area contributed by atoms with Crippen molar-refractivity contribution in [2.24, 2.45) is 0 Å². The molecule has 186 valence electrons. The summed E-state index contributed by atoms with van der Waals surface area (Å²) in [6, 6.07) is 18.0. The zero-order valence-corrected chi connectivity index (χ0v) is 22.8. The van der Waals surface area contributed by atoms with Gasteiger partial charge in [0.1, 0.15) is 13.2 Å². The predicted octanol–water partition coefficient (Wildman–Crippen LogP) is 6.02. The van der Waals surface area contributed by atoms with E-state index in [1.807, 2.05) is 31.2 Å². The van der Waals surface area contributed by atoms with Crippen LogP contribution < -0.4 is 9.47 Å². The molecule has 0 aliphatic carbocycles. The number of hydrogen-bond donors (Lipinski definition) is 0. The Bertz CT molecular complexity index is 1360. The van der Waals surface area contributed by atoms with Gasteiger partial charge in [-0.25, -0.2) is 0 Å². The number of imide groups is 1.